The first-order valence-corrected chi connectivity index (χ1v) is 10.8. The predicted octanol–water partition coefficient (Wildman–Crippen LogP) is 2.28. The van der Waals surface area contributed by atoms with Crippen molar-refractivity contribution in [2.45, 2.75) is 49.9 Å². The van der Waals surface area contributed by atoms with Gasteiger partial charge >= 0.3 is 6.18 Å². The number of halogens is 3. The van der Waals surface area contributed by atoms with Gasteiger partial charge in [-0.2, -0.15) is 17.5 Å². The van der Waals surface area contributed by atoms with Crippen molar-refractivity contribution in [3.8, 4) is 0 Å². The van der Waals surface area contributed by atoms with Gasteiger partial charge in [-0.3, -0.25) is 4.90 Å². The largest absolute Gasteiger partial charge is 0.433 e. The first-order valence-electron chi connectivity index (χ1n) is 9.41. The molecule has 0 bridgehead atoms. The van der Waals surface area contributed by atoms with E-state index < -0.39 is 21.9 Å². The molecule has 10 heteroatoms. The van der Waals surface area contributed by atoms with Crippen molar-refractivity contribution in [2.75, 3.05) is 32.8 Å². The Bertz CT molecular complexity index is 861. The standard InChI is InChI=1S/C18H24F3N3O3S/c1-12-7-14(5-6-27-12)23-8-17(9-23)10-24(11-17)28(25,26)15-3-4-16(18(19,20)21)22-13(15)2/h3-4,12,14H,5-11H2,1-2H3. The van der Waals surface area contributed by atoms with Crippen molar-refractivity contribution in [1.29, 1.82) is 0 Å². The Morgan fingerprint density at radius 2 is 1.89 bits per heavy atom. The summed E-state index contributed by atoms with van der Waals surface area (Å²) in [4.78, 5) is 5.70. The Balaban J connectivity index is 1.39. The monoisotopic (exact) mass is 419 g/mol. The van der Waals surface area contributed by atoms with Gasteiger partial charge in [-0.25, -0.2) is 13.4 Å². The molecule has 1 spiro atoms. The third-order valence-electron chi connectivity index (χ3n) is 6.02. The van der Waals surface area contributed by atoms with Gasteiger partial charge in [0, 0.05) is 44.2 Å². The molecule has 3 aliphatic heterocycles. The number of alkyl halides is 3. The number of nitrogens with zero attached hydrogens (tertiary/aromatic N) is 3. The summed E-state index contributed by atoms with van der Waals surface area (Å²) in [6.45, 7) is 6.67. The number of aryl methyl sites for hydroxylation is 1. The van der Waals surface area contributed by atoms with Crippen molar-refractivity contribution >= 4 is 10.0 Å². The van der Waals surface area contributed by atoms with Gasteiger partial charge in [0.2, 0.25) is 10.0 Å². The molecule has 3 saturated heterocycles. The minimum Gasteiger partial charge on any atom is -0.378 e. The minimum atomic E-state index is -4.59. The number of aromatic nitrogens is 1. The zero-order valence-electron chi connectivity index (χ0n) is 15.9. The molecule has 4 rings (SSSR count). The fourth-order valence-corrected chi connectivity index (χ4v) is 6.39. The molecule has 2 atom stereocenters. The molecule has 1 aromatic heterocycles. The van der Waals surface area contributed by atoms with Gasteiger partial charge in [-0.1, -0.05) is 0 Å². The minimum absolute atomic E-state index is 0.0259. The van der Waals surface area contributed by atoms with E-state index in [9.17, 15) is 21.6 Å². The number of sulfonamides is 1. The van der Waals surface area contributed by atoms with Gasteiger partial charge in [0.05, 0.1) is 11.8 Å². The third-order valence-corrected chi connectivity index (χ3v) is 7.95. The second kappa shape index (κ2) is 6.65. The highest BCUT2D eigenvalue weighted by atomic mass is 32.2. The average molecular weight is 419 g/mol. The van der Waals surface area contributed by atoms with Gasteiger partial charge in [-0.05, 0) is 38.8 Å². The first-order chi connectivity index (χ1) is 13.0. The van der Waals surface area contributed by atoms with Gasteiger partial charge in [-0.15, -0.1) is 0 Å². The number of ether oxygens (including phenoxy) is 1. The molecule has 6 nitrogen and oxygen atoms in total. The van der Waals surface area contributed by atoms with Crippen LogP contribution in [0.15, 0.2) is 17.0 Å². The van der Waals surface area contributed by atoms with Crippen LogP contribution in [0.25, 0.3) is 0 Å². The van der Waals surface area contributed by atoms with E-state index in [-0.39, 0.29) is 22.1 Å². The molecule has 2 unspecified atom stereocenters. The highest BCUT2D eigenvalue weighted by Crippen LogP contribution is 2.44. The summed E-state index contributed by atoms with van der Waals surface area (Å²) in [6, 6.07) is 2.23. The molecular formula is C18H24F3N3O3S. The van der Waals surface area contributed by atoms with Crippen LogP contribution < -0.4 is 0 Å². The van der Waals surface area contributed by atoms with Crippen LogP contribution in [0, 0.1) is 12.3 Å². The van der Waals surface area contributed by atoms with E-state index in [1.54, 1.807) is 0 Å². The van der Waals surface area contributed by atoms with E-state index in [1.165, 1.54) is 11.2 Å². The molecule has 28 heavy (non-hydrogen) atoms. The Morgan fingerprint density at radius 3 is 2.46 bits per heavy atom. The molecule has 1 aromatic rings. The summed E-state index contributed by atoms with van der Waals surface area (Å²) in [5.74, 6) is 0. The highest BCUT2D eigenvalue weighted by molar-refractivity contribution is 7.89. The normalized spacial score (nSPS) is 28.8. The zero-order chi connectivity index (χ0) is 20.3. The maximum absolute atomic E-state index is 12.8. The number of hydrogen-bond donors (Lipinski definition) is 0. The van der Waals surface area contributed by atoms with Gasteiger partial charge in [0.15, 0.2) is 0 Å². The average Bonchev–Trinajstić information content (AvgIpc) is 2.51. The molecule has 0 aromatic carbocycles. The van der Waals surface area contributed by atoms with Crippen molar-refractivity contribution in [3.63, 3.8) is 0 Å². The molecule has 3 fully saturated rings. The van der Waals surface area contributed by atoms with Crippen LogP contribution in [0.1, 0.15) is 31.2 Å². The number of hydrogen-bond acceptors (Lipinski definition) is 5. The van der Waals surface area contributed by atoms with Crippen molar-refractivity contribution in [2.24, 2.45) is 5.41 Å². The molecular weight excluding hydrogens is 395 g/mol. The van der Waals surface area contributed by atoms with Crippen LogP contribution in [-0.2, 0) is 20.9 Å². The molecule has 4 heterocycles. The Kier molecular flexibility index (Phi) is 4.76. The van der Waals surface area contributed by atoms with Crippen LogP contribution in [-0.4, -0.2) is 67.5 Å². The summed E-state index contributed by atoms with van der Waals surface area (Å²) in [5, 5.41) is 0. The fourth-order valence-electron chi connectivity index (χ4n) is 4.57. The Labute approximate surface area is 162 Å². The molecule has 0 aliphatic carbocycles. The van der Waals surface area contributed by atoms with Gasteiger partial charge < -0.3 is 4.74 Å². The number of pyridine rings is 1. The second-order valence-electron chi connectivity index (χ2n) is 8.32. The van der Waals surface area contributed by atoms with Crippen LogP contribution >= 0.6 is 0 Å². The highest BCUT2D eigenvalue weighted by Gasteiger charge is 2.56. The smallest absolute Gasteiger partial charge is 0.378 e. The summed E-state index contributed by atoms with van der Waals surface area (Å²) in [5.41, 5.74) is -1.23. The Hall–Kier alpha value is -1.23. The van der Waals surface area contributed by atoms with Crippen LogP contribution in [0.3, 0.4) is 0 Å². The van der Waals surface area contributed by atoms with E-state index in [1.807, 2.05) is 0 Å². The molecule has 0 radical (unpaired) electrons. The molecule has 156 valence electrons. The van der Waals surface area contributed by atoms with Crippen molar-refractivity contribution in [1.82, 2.24) is 14.2 Å². The summed E-state index contributed by atoms with van der Waals surface area (Å²) >= 11 is 0. The lowest BCUT2D eigenvalue weighted by molar-refractivity contribution is -0.141. The maximum Gasteiger partial charge on any atom is 0.433 e. The fraction of sp³-hybridized carbons (Fsp3) is 0.722. The number of rotatable bonds is 3. The second-order valence-corrected chi connectivity index (χ2v) is 10.2. The predicted molar refractivity (Wildman–Crippen MR) is 95.2 cm³/mol. The van der Waals surface area contributed by atoms with E-state index >= 15 is 0 Å². The number of likely N-dealkylation sites (tertiary alicyclic amines) is 1. The lowest BCUT2D eigenvalue weighted by atomic mass is 9.73. The molecule has 0 N–H and O–H groups in total. The van der Waals surface area contributed by atoms with Crippen molar-refractivity contribution in [3.05, 3.63) is 23.5 Å². The van der Waals surface area contributed by atoms with Crippen molar-refractivity contribution < 1.29 is 26.3 Å². The van der Waals surface area contributed by atoms with Gasteiger partial charge in [0.1, 0.15) is 10.6 Å². The van der Waals surface area contributed by atoms with Crippen LogP contribution in [0.5, 0.6) is 0 Å². The third kappa shape index (κ3) is 3.44. The van der Waals surface area contributed by atoms with E-state index in [4.69, 9.17) is 4.74 Å². The SMILES string of the molecule is Cc1nc(C(F)(F)F)ccc1S(=O)(=O)N1CC2(CN(C3CCOC(C)C3)C2)C1. The van der Waals surface area contributed by atoms with E-state index in [0.29, 0.717) is 19.1 Å². The molecule has 0 amide bonds. The molecule has 3 aliphatic rings. The lowest BCUT2D eigenvalue weighted by Crippen LogP contribution is -2.74. The quantitative estimate of drug-likeness (QED) is 0.752. The zero-order valence-corrected chi connectivity index (χ0v) is 16.7. The molecule has 0 saturated carbocycles. The first kappa shape index (κ1) is 20.1. The van der Waals surface area contributed by atoms with Crippen LogP contribution in [0.2, 0.25) is 0 Å². The van der Waals surface area contributed by atoms with Crippen LogP contribution in [0.4, 0.5) is 13.2 Å². The maximum atomic E-state index is 12.8. The summed E-state index contributed by atoms with van der Waals surface area (Å²) in [7, 11) is -3.83. The van der Waals surface area contributed by atoms with Gasteiger partial charge in [0.25, 0.3) is 0 Å². The topological polar surface area (TPSA) is 62.7 Å². The lowest BCUT2D eigenvalue weighted by Gasteiger charge is -2.61. The van der Waals surface area contributed by atoms with E-state index in [2.05, 4.69) is 16.8 Å². The van der Waals surface area contributed by atoms with E-state index in [0.717, 1.165) is 44.7 Å². The summed E-state index contributed by atoms with van der Waals surface area (Å²) < 4.78 is 70.9. The summed E-state index contributed by atoms with van der Waals surface area (Å²) in [6.07, 6.45) is -2.35. The Morgan fingerprint density at radius 1 is 1.21 bits per heavy atom.